The Hall–Kier alpha value is -2.83. The Morgan fingerprint density at radius 1 is 1.29 bits per heavy atom. The maximum Gasteiger partial charge on any atom is 0.343 e. The molecule has 2 aromatic rings. The van der Waals surface area contributed by atoms with E-state index < -0.39 is 17.8 Å². The lowest BCUT2D eigenvalue weighted by molar-refractivity contribution is -0.118. The van der Waals surface area contributed by atoms with E-state index in [2.05, 4.69) is 15.7 Å². The molecular formula is C14H14N4O3. The van der Waals surface area contributed by atoms with Gasteiger partial charge in [0.15, 0.2) is 0 Å². The third-order valence-electron chi connectivity index (χ3n) is 3.60. The Morgan fingerprint density at radius 2 is 2.05 bits per heavy atom. The Labute approximate surface area is 120 Å². The van der Waals surface area contributed by atoms with Crippen LogP contribution in [0, 0.1) is 13.8 Å². The molecule has 0 saturated carbocycles. The standard InChI is InChI=1S/C14H14N4O3/c1-7-8(2)15-11-4-3-9(5-10(7)11)13(20)17-18-6-12(19)16-14(18)21/h3-5,15H,6H2,1-2H3,(H,17,20)(H,16,19,21). The van der Waals surface area contributed by atoms with Gasteiger partial charge < -0.3 is 4.98 Å². The summed E-state index contributed by atoms with van der Waals surface area (Å²) in [6, 6.07) is 4.63. The van der Waals surface area contributed by atoms with E-state index in [9.17, 15) is 14.4 Å². The number of imide groups is 1. The van der Waals surface area contributed by atoms with Crippen LogP contribution in [0.5, 0.6) is 0 Å². The number of aryl methyl sites for hydroxylation is 2. The molecule has 0 bridgehead atoms. The molecule has 0 spiro atoms. The van der Waals surface area contributed by atoms with Crippen molar-refractivity contribution >= 4 is 28.7 Å². The predicted octanol–water partition coefficient (Wildman–Crippen LogP) is 0.981. The van der Waals surface area contributed by atoms with E-state index in [0.717, 1.165) is 27.2 Å². The molecule has 1 aromatic heterocycles. The topological polar surface area (TPSA) is 94.3 Å². The van der Waals surface area contributed by atoms with Crippen LogP contribution in [0.4, 0.5) is 4.79 Å². The van der Waals surface area contributed by atoms with Crippen molar-refractivity contribution in [3.05, 3.63) is 35.0 Å². The van der Waals surface area contributed by atoms with Crippen LogP contribution in [0.15, 0.2) is 18.2 Å². The molecule has 3 N–H and O–H groups in total. The van der Waals surface area contributed by atoms with Crippen molar-refractivity contribution < 1.29 is 14.4 Å². The van der Waals surface area contributed by atoms with Crippen LogP contribution in [0.25, 0.3) is 10.9 Å². The van der Waals surface area contributed by atoms with Crippen molar-refractivity contribution in [2.24, 2.45) is 0 Å². The number of nitrogens with one attached hydrogen (secondary N) is 3. The fraction of sp³-hybridized carbons (Fsp3) is 0.214. The molecule has 1 aliphatic heterocycles. The van der Waals surface area contributed by atoms with Gasteiger partial charge in [0, 0.05) is 22.2 Å². The molecule has 108 valence electrons. The van der Waals surface area contributed by atoms with E-state index in [-0.39, 0.29) is 6.54 Å². The summed E-state index contributed by atoms with van der Waals surface area (Å²) in [5.41, 5.74) is 5.93. The number of aromatic amines is 1. The van der Waals surface area contributed by atoms with Crippen molar-refractivity contribution in [3.63, 3.8) is 0 Å². The summed E-state index contributed by atoms with van der Waals surface area (Å²) >= 11 is 0. The molecule has 1 aromatic carbocycles. The van der Waals surface area contributed by atoms with Gasteiger partial charge in [-0.3, -0.25) is 20.3 Å². The highest BCUT2D eigenvalue weighted by Crippen LogP contribution is 2.22. The van der Waals surface area contributed by atoms with Gasteiger partial charge in [0.25, 0.3) is 5.91 Å². The van der Waals surface area contributed by atoms with Gasteiger partial charge in [-0.2, -0.15) is 0 Å². The van der Waals surface area contributed by atoms with Crippen molar-refractivity contribution in [1.82, 2.24) is 20.7 Å². The highest BCUT2D eigenvalue weighted by Gasteiger charge is 2.28. The number of hydrogen-bond donors (Lipinski definition) is 3. The third-order valence-corrected chi connectivity index (χ3v) is 3.60. The molecular weight excluding hydrogens is 272 g/mol. The van der Waals surface area contributed by atoms with Gasteiger partial charge in [-0.15, -0.1) is 0 Å². The van der Waals surface area contributed by atoms with E-state index in [1.807, 2.05) is 19.9 Å². The highest BCUT2D eigenvalue weighted by molar-refractivity contribution is 6.04. The SMILES string of the molecule is Cc1[nH]c2ccc(C(=O)NN3CC(=O)NC3=O)cc2c1C. The second-order valence-corrected chi connectivity index (χ2v) is 5.02. The highest BCUT2D eigenvalue weighted by atomic mass is 16.2. The lowest BCUT2D eigenvalue weighted by Gasteiger charge is -2.14. The van der Waals surface area contributed by atoms with Crippen molar-refractivity contribution in [2.75, 3.05) is 6.54 Å². The Morgan fingerprint density at radius 3 is 2.71 bits per heavy atom. The number of benzene rings is 1. The summed E-state index contributed by atoms with van der Waals surface area (Å²) in [6.07, 6.45) is 0. The second-order valence-electron chi connectivity index (χ2n) is 5.02. The number of hydrazine groups is 1. The van der Waals surface area contributed by atoms with E-state index in [0.29, 0.717) is 5.56 Å². The zero-order valence-corrected chi connectivity index (χ0v) is 11.6. The Kier molecular flexibility index (Phi) is 2.90. The Bertz CT molecular complexity index is 778. The molecule has 0 radical (unpaired) electrons. The van der Waals surface area contributed by atoms with Crippen molar-refractivity contribution in [2.45, 2.75) is 13.8 Å². The molecule has 7 nitrogen and oxygen atoms in total. The molecule has 1 saturated heterocycles. The molecule has 4 amide bonds. The summed E-state index contributed by atoms with van der Waals surface area (Å²) < 4.78 is 0. The van der Waals surface area contributed by atoms with Crippen LogP contribution in [0.1, 0.15) is 21.6 Å². The fourth-order valence-corrected chi connectivity index (χ4v) is 2.32. The molecule has 7 heteroatoms. The number of urea groups is 1. The number of nitrogens with zero attached hydrogens (tertiary/aromatic N) is 1. The first-order valence-corrected chi connectivity index (χ1v) is 6.47. The lowest BCUT2D eigenvalue weighted by Crippen LogP contribution is -2.44. The molecule has 2 heterocycles. The van der Waals surface area contributed by atoms with Gasteiger partial charge in [0.1, 0.15) is 6.54 Å². The minimum atomic E-state index is -0.622. The number of hydrogen-bond acceptors (Lipinski definition) is 3. The van der Waals surface area contributed by atoms with Crippen molar-refractivity contribution in [1.29, 1.82) is 0 Å². The molecule has 1 fully saturated rings. The minimum absolute atomic E-state index is 0.172. The molecule has 0 unspecified atom stereocenters. The molecule has 21 heavy (non-hydrogen) atoms. The number of fused-ring (bicyclic) bond motifs is 1. The first-order valence-electron chi connectivity index (χ1n) is 6.47. The van der Waals surface area contributed by atoms with Crippen LogP contribution in [-0.4, -0.2) is 34.4 Å². The predicted molar refractivity (Wildman–Crippen MR) is 75.5 cm³/mol. The van der Waals surface area contributed by atoms with Crippen LogP contribution < -0.4 is 10.7 Å². The largest absolute Gasteiger partial charge is 0.358 e. The number of amides is 4. The first-order chi connectivity index (χ1) is 9.95. The van der Waals surface area contributed by atoms with Gasteiger partial charge in [0.2, 0.25) is 5.91 Å². The summed E-state index contributed by atoms with van der Waals surface area (Å²) in [6.45, 7) is 3.77. The van der Waals surface area contributed by atoms with Crippen LogP contribution in [-0.2, 0) is 4.79 Å². The third kappa shape index (κ3) is 2.22. The van der Waals surface area contributed by atoms with E-state index in [1.165, 1.54) is 0 Å². The minimum Gasteiger partial charge on any atom is -0.358 e. The molecule has 3 rings (SSSR count). The maximum atomic E-state index is 12.2. The first kappa shape index (κ1) is 13.2. The normalized spacial score (nSPS) is 14.7. The van der Waals surface area contributed by atoms with Crippen LogP contribution in [0.3, 0.4) is 0 Å². The van der Waals surface area contributed by atoms with Gasteiger partial charge in [-0.1, -0.05) is 0 Å². The summed E-state index contributed by atoms with van der Waals surface area (Å²) in [4.78, 5) is 37.9. The quantitative estimate of drug-likeness (QED) is 0.718. The zero-order valence-electron chi connectivity index (χ0n) is 11.6. The number of H-pyrrole nitrogens is 1. The summed E-state index contributed by atoms with van der Waals surface area (Å²) in [5.74, 6) is -0.868. The van der Waals surface area contributed by atoms with E-state index >= 15 is 0 Å². The van der Waals surface area contributed by atoms with E-state index in [4.69, 9.17) is 0 Å². The monoisotopic (exact) mass is 286 g/mol. The number of carbonyl (C=O) groups excluding carboxylic acids is 3. The maximum absolute atomic E-state index is 12.2. The van der Waals surface area contributed by atoms with Gasteiger partial charge in [-0.05, 0) is 37.6 Å². The average molecular weight is 286 g/mol. The molecule has 1 aliphatic rings. The zero-order chi connectivity index (χ0) is 15.1. The summed E-state index contributed by atoms with van der Waals surface area (Å²) in [5, 5.41) is 4.02. The molecule has 0 aliphatic carbocycles. The number of carbonyl (C=O) groups is 3. The average Bonchev–Trinajstić information content (AvgIpc) is 2.90. The van der Waals surface area contributed by atoms with Crippen LogP contribution >= 0.6 is 0 Å². The Balaban J connectivity index is 1.86. The van der Waals surface area contributed by atoms with Crippen molar-refractivity contribution in [3.8, 4) is 0 Å². The number of rotatable bonds is 2. The smallest absolute Gasteiger partial charge is 0.343 e. The second kappa shape index (κ2) is 4.62. The van der Waals surface area contributed by atoms with Gasteiger partial charge in [-0.25, -0.2) is 9.80 Å². The number of aromatic nitrogens is 1. The van der Waals surface area contributed by atoms with Gasteiger partial charge >= 0.3 is 6.03 Å². The summed E-state index contributed by atoms with van der Waals surface area (Å²) in [7, 11) is 0. The van der Waals surface area contributed by atoms with Gasteiger partial charge in [0.05, 0.1) is 0 Å². The molecule has 0 atom stereocenters. The fourth-order valence-electron chi connectivity index (χ4n) is 2.32. The van der Waals surface area contributed by atoms with Crippen LogP contribution in [0.2, 0.25) is 0 Å². The lowest BCUT2D eigenvalue weighted by atomic mass is 10.1. The van der Waals surface area contributed by atoms with E-state index in [1.54, 1.807) is 12.1 Å².